The van der Waals surface area contributed by atoms with Crippen LogP contribution in [0.3, 0.4) is 0 Å². The topological polar surface area (TPSA) is 62.9 Å². The molecule has 0 amide bonds. The Bertz CT molecular complexity index is 956. The van der Waals surface area contributed by atoms with E-state index in [0.29, 0.717) is 19.1 Å². The first-order chi connectivity index (χ1) is 15.3. The van der Waals surface area contributed by atoms with Crippen LogP contribution in [0.2, 0.25) is 0 Å². The van der Waals surface area contributed by atoms with Crippen LogP contribution in [0.1, 0.15) is 24.6 Å². The van der Waals surface area contributed by atoms with Gasteiger partial charge in [-0.3, -0.25) is 0 Å². The zero-order chi connectivity index (χ0) is 21.3. The van der Waals surface area contributed by atoms with E-state index in [0.717, 1.165) is 55.6 Å². The molecule has 1 saturated heterocycles. The first-order valence-corrected chi connectivity index (χ1v) is 11.0. The van der Waals surface area contributed by atoms with E-state index in [1.165, 1.54) is 5.56 Å². The molecule has 1 aliphatic heterocycles. The summed E-state index contributed by atoms with van der Waals surface area (Å²) in [5.41, 5.74) is 3.07. The lowest BCUT2D eigenvalue weighted by Gasteiger charge is -2.21. The summed E-state index contributed by atoms with van der Waals surface area (Å²) in [7, 11) is 0. The monoisotopic (exact) mass is 418 g/mol. The summed E-state index contributed by atoms with van der Waals surface area (Å²) >= 11 is 0. The molecule has 3 aromatic rings. The van der Waals surface area contributed by atoms with E-state index in [2.05, 4.69) is 34.4 Å². The Morgan fingerprint density at radius 3 is 2.71 bits per heavy atom. The number of aliphatic imine (C=N–C) groups is 1. The summed E-state index contributed by atoms with van der Waals surface area (Å²) in [5, 5.41) is 7.60. The van der Waals surface area contributed by atoms with Gasteiger partial charge in [0.2, 0.25) is 0 Å². The van der Waals surface area contributed by atoms with E-state index < -0.39 is 0 Å². The van der Waals surface area contributed by atoms with Gasteiger partial charge in [0.05, 0.1) is 19.8 Å². The number of aromatic nitrogens is 1. The number of nitrogens with zero attached hydrogens (tertiary/aromatic N) is 3. The van der Waals surface area contributed by atoms with Crippen molar-refractivity contribution in [1.29, 1.82) is 0 Å². The third-order valence-electron chi connectivity index (χ3n) is 5.39. The van der Waals surface area contributed by atoms with Gasteiger partial charge in [0, 0.05) is 37.2 Å². The Balaban J connectivity index is 1.30. The van der Waals surface area contributed by atoms with Gasteiger partial charge in [-0.05, 0) is 18.9 Å². The largest absolute Gasteiger partial charge is 0.376 e. The number of nitrogens with one attached hydrogen (secondary N) is 1. The van der Waals surface area contributed by atoms with Crippen LogP contribution in [-0.2, 0) is 17.9 Å². The predicted octanol–water partition coefficient (Wildman–Crippen LogP) is 4.35. The molecule has 0 saturated carbocycles. The number of benzene rings is 2. The molecular weight excluding hydrogens is 388 g/mol. The van der Waals surface area contributed by atoms with Crippen LogP contribution >= 0.6 is 0 Å². The minimum atomic E-state index is 0.490. The van der Waals surface area contributed by atoms with E-state index in [1.54, 1.807) is 0 Å². The number of guanidine groups is 1. The molecular formula is C25H30N4O2. The Kier molecular flexibility index (Phi) is 7.34. The third-order valence-corrected chi connectivity index (χ3v) is 5.39. The summed E-state index contributed by atoms with van der Waals surface area (Å²) in [4.78, 5) is 7.12. The zero-order valence-corrected chi connectivity index (χ0v) is 18.0. The minimum absolute atomic E-state index is 0.490. The number of hydrogen-bond donors (Lipinski definition) is 1. The molecule has 0 aliphatic carbocycles. The highest BCUT2D eigenvalue weighted by molar-refractivity contribution is 5.80. The van der Waals surface area contributed by atoms with Crippen molar-refractivity contribution in [1.82, 2.24) is 15.4 Å². The molecule has 1 fully saturated rings. The van der Waals surface area contributed by atoms with Crippen molar-refractivity contribution in [3.63, 3.8) is 0 Å². The summed E-state index contributed by atoms with van der Waals surface area (Å²) in [6.45, 7) is 6.79. The van der Waals surface area contributed by atoms with Gasteiger partial charge in [-0.25, -0.2) is 4.99 Å². The average molecular weight is 419 g/mol. The van der Waals surface area contributed by atoms with Gasteiger partial charge in [-0.15, -0.1) is 0 Å². The van der Waals surface area contributed by atoms with E-state index in [1.807, 2.05) is 54.6 Å². The first-order valence-electron chi connectivity index (χ1n) is 11.0. The molecule has 6 heteroatoms. The van der Waals surface area contributed by atoms with Crippen molar-refractivity contribution in [3.05, 3.63) is 78.0 Å². The highest BCUT2D eigenvalue weighted by Gasteiger charge is 2.25. The Morgan fingerprint density at radius 2 is 1.94 bits per heavy atom. The summed E-state index contributed by atoms with van der Waals surface area (Å²) in [6.07, 6.45) is 1.11. The molecule has 2 heterocycles. The molecule has 1 aliphatic rings. The molecule has 1 unspecified atom stereocenters. The normalized spacial score (nSPS) is 16.6. The van der Waals surface area contributed by atoms with Crippen LogP contribution in [0.4, 0.5) is 0 Å². The number of likely N-dealkylation sites (tertiary alicyclic amines) is 1. The van der Waals surface area contributed by atoms with Gasteiger partial charge in [-0.1, -0.05) is 65.8 Å². The molecule has 1 N–H and O–H groups in total. The maximum Gasteiger partial charge on any atom is 0.194 e. The van der Waals surface area contributed by atoms with Crippen LogP contribution in [0.15, 0.2) is 76.2 Å². The molecule has 31 heavy (non-hydrogen) atoms. The second-order valence-electron chi connectivity index (χ2n) is 7.82. The van der Waals surface area contributed by atoms with Crippen molar-refractivity contribution in [2.45, 2.75) is 26.5 Å². The van der Waals surface area contributed by atoms with Crippen molar-refractivity contribution in [2.75, 3.05) is 26.2 Å². The second-order valence-corrected chi connectivity index (χ2v) is 7.82. The predicted molar refractivity (Wildman–Crippen MR) is 123 cm³/mol. The summed E-state index contributed by atoms with van der Waals surface area (Å²) in [5.74, 6) is 2.22. The lowest BCUT2D eigenvalue weighted by Crippen LogP contribution is -2.40. The van der Waals surface area contributed by atoms with Gasteiger partial charge < -0.3 is 19.5 Å². The lowest BCUT2D eigenvalue weighted by molar-refractivity contribution is 0.0906. The maximum atomic E-state index is 5.96. The number of ether oxygens (including phenoxy) is 1. The van der Waals surface area contributed by atoms with Crippen molar-refractivity contribution in [2.24, 2.45) is 10.9 Å². The number of rotatable bonds is 8. The minimum Gasteiger partial charge on any atom is -0.376 e. The van der Waals surface area contributed by atoms with Crippen molar-refractivity contribution < 1.29 is 9.26 Å². The van der Waals surface area contributed by atoms with Crippen LogP contribution in [0.25, 0.3) is 11.3 Å². The molecule has 6 nitrogen and oxygen atoms in total. The Labute approximate surface area is 183 Å². The van der Waals surface area contributed by atoms with Crippen molar-refractivity contribution in [3.8, 4) is 11.3 Å². The van der Waals surface area contributed by atoms with Gasteiger partial charge in [0.1, 0.15) is 5.69 Å². The molecule has 0 radical (unpaired) electrons. The lowest BCUT2D eigenvalue weighted by atomic mass is 10.1. The molecule has 2 aromatic carbocycles. The smallest absolute Gasteiger partial charge is 0.194 e. The molecule has 0 spiro atoms. The number of hydrogen-bond acceptors (Lipinski definition) is 4. The summed E-state index contributed by atoms with van der Waals surface area (Å²) < 4.78 is 11.5. The standard InChI is InChI=1S/C25H30N4O2/c1-2-26-25(27-16-23-15-24(31-28-23)22-11-7-4-8-12-22)29-14-13-21(17-29)19-30-18-20-9-5-3-6-10-20/h3-12,15,21H,2,13-14,16-19H2,1H3,(H,26,27). The first kappa shape index (κ1) is 21.1. The molecule has 1 atom stereocenters. The van der Waals surface area contributed by atoms with E-state index in [4.69, 9.17) is 14.3 Å². The quantitative estimate of drug-likeness (QED) is 0.435. The van der Waals surface area contributed by atoms with Gasteiger partial charge in [0.25, 0.3) is 0 Å². The average Bonchev–Trinajstić information content (AvgIpc) is 3.48. The molecule has 1 aromatic heterocycles. The molecule has 4 rings (SSSR count). The van der Waals surface area contributed by atoms with E-state index in [-0.39, 0.29) is 0 Å². The van der Waals surface area contributed by atoms with Crippen LogP contribution in [0.5, 0.6) is 0 Å². The van der Waals surface area contributed by atoms with Crippen molar-refractivity contribution >= 4 is 5.96 Å². The fourth-order valence-electron chi connectivity index (χ4n) is 3.79. The highest BCUT2D eigenvalue weighted by atomic mass is 16.5. The SMILES string of the molecule is CCNC(=NCc1cc(-c2ccccc2)on1)N1CCC(COCc2ccccc2)C1. The maximum absolute atomic E-state index is 5.96. The Hall–Kier alpha value is -3.12. The van der Waals surface area contributed by atoms with Gasteiger partial charge in [-0.2, -0.15) is 0 Å². The van der Waals surface area contributed by atoms with E-state index in [9.17, 15) is 0 Å². The highest BCUT2D eigenvalue weighted by Crippen LogP contribution is 2.21. The fraction of sp³-hybridized carbons (Fsp3) is 0.360. The Morgan fingerprint density at radius 1 is 1.16 bits per heavy atom. The molecule has 0 bridgehead atoms. The fourth-order valence-corrected chi connectivity index (χ4v) is 3.79. The molecule has 162 valence electrons. The summed E-state index contributed by atoms with van der Waals surface area (Å²) in [6, 6.07) is 22.3. The third kappa shape index (κ3) is 5.95. The second kappa shape index (κ2) is 10.8. The van der Waals surface area contributed by atoms with Gasteiger partial charge in [0.15, 0.2) is 11.7 Å². The van der Waals surface area contributed by atoms with E-state index >= 15 is 0 Å². The zero-order valence-electron chi connectivity index (χ0n) is 18.0. The van der Waals surface area contributed by atoms with Gasteiger partial charge >= 0.3 is 0 Å². The van der Waals surface area contributed by atoms with Crippen LogP contribution in [0, 0.1) is 5.92 Å². The van der Waals surface area contributed by atoms with Crippen LogP contribution in [-0.4, -0.2) is 42.3 Å². The van der Waals surface area contributed by atoms with Crippen LogP contribution < -0.4 is 5.32 Å².